The van der Waals surface area contributed by atoms with Gasteiger partial charge < -0.3 is 10.4 Å². The van der Waals surface area contributed by atoms with Crippen molar-refractivity contribution in [2.24, 2.45) is 5.41 Å². The van der Waals surface area contributed by atoms with Crippen LogP contribution in [0.3, 0.4) is 0 Å². The van der Waals surface area contributed by atoms with Gasteiger partial charge >= 0.3 is 0 Å². The van der Waals surface area contributed by atoms with E-state index in [0.29, 0.717) is 4.88 Å². The summed E-state index contributed by atoms with van der Waals surface area (Å²) in [6, 6.07) is 4.03. The normalized spacial score (nSPS) is 25.1. The van der Waals surface area contributed by atoms with Gasteiger partial charge in [-0.05, 0) is 24.3 Å². The van der Waals surface area contributed by atoms with E-state index in [0.717, 1.165) is 29.1 Å². The summed E-state index contributed by atoms with van der Waals surface area (Å²) in [4.78, 5) is 18.4. The number of carbonyl (C=O) groups excluding carboxylic acids is 1. The molecule has 1 amide bonds. The molecule has 2 heterocycles. The van der Waals surface area contributed by atoms with E-state index in [2.05, 4.69) is 10.3 Å². The number of thiazole rings is 1. The molecule has 2 aromatic heterocycles. The lowest BCUT2D eigenvalue weighted by molar-refractivity contribution is 0.0834. The summed E-state index contributed by atoms with van der Waals surface area (Å²) in [6.45, 7) is 2.15. The van der Waals surface area contributed by atoms with Crippen molar-refractivity contribution in [2.45, 2.75) is 32.2 Å². The highest BCUT2D eigenvalue weighted by Gasteiger charge is 2.39. The van der Waals surface area contributed by atoms with Crippen LogP contribution in [0.1, 0.15) is 35.9 Å². The van der Waals surface area contributed by atoms with Gasteiger partial charge in [0.1, 0.15) is 9.88 Å². The predicted molar refractivity (Wildman–Crippen MR) is 85.7 cm³/mol. The van der Waals surface area contributed by atoms with E-state index < -0.39 is 0 Å². The Kier molecular flexibility index (Phi) is 4.10. The molecule has 2 aromatic rings. The number of rotatable bonds is 4. The molecule has 3 rings (SSSR count). The van der Waals surface area contributed by atoms with Crippen LogP contribution in [0.25, 0.3) is 9.88 Å². The Morgan fingerprint density at radius 1 is 1.62 bits per heavy atom. The smallest absolute Gasteiger partial charge is 0.263 e. The maximum absolute atomic E-state index is 12.4. The molecule has 0 saturated heterocycles. The van der Waals surface area contributed by atoms with Gasteiger partial charge in [0.25, 0.3) is 5.91 Å². The predicted octanol–water partition coefficient (Wildman–Crippen LogP) is 3.15. The fourth-order valence-corrected chi connectivity index (χ4v) is 4.41. The molecule has 4 nitrogen and oxygen atoms in total. The number of aliphatic hydroxyl groups is 1. The monoisotopic (exact) mass is 322 g/mol. The van der Waals surface area contributed by atoms with E-state index in [-0.39, 0.29) is 24.0 Å². The van der Waals surface area contributed by atoms with Crippen LogP contribution in [0.5, 0.6) is 0 Å². The van der Waals surface area contributed by atoms with Crippen LogP contribution in [-0.4, -0.2) is 28.6 Å². The van der Waals surface area contributed by atoms with Crippen molar-refractivity contribution < 1.29 is 9.90 Å². The van der Waals surface area contributed by atoms with Crippen molar-refractivity contribution in [2.75, 3.05) is 6.61 Å². The summed E-state index contributed by atoms with van der Waals surface area (Å²) in [7, 11) is 0. The lowest BCUT2D eigenvalue weighted by atomic mass is 9.86. The second-order valence-electron chi connectivity index (χ2n) is 5.74. The summed E-state index contributed by atoms with van der Waals surface area (Å²) >= 11 is 3.04. The number of aliphatic hydroxyl groups excluding tert-OH is 1. The highest BCUT2D eigenvalue weighted by atomic mass is 32.1. The molecular weight excluding hydrogens is 304 g/mol. The van der Waals surface area contributed by atoms with Gasteiger partial charge in [-0.25, -0.2) is 4.98 Å². The number of aromatic nitrogens is 1. The first-order chi connectivity index (χ1) is 10.1. The quantitative estimate of drug-likeness (QED) is 0.909. The molecule has 0 spiro atoms. The molecule has 6 heteroatoms. The molecule has 0 radical (unpaired) electrons. The van der Waals surface area contributed by atoms with Crippen molar-refractivity contribution in [3.05, 3.63) is 28.6 Å². The van der Waals surface area contributed by atoms with E-state index in [1.54, 1.807) is 17.5 Å². The summed E-state index contributed by atoms with van der Waals surface area (Å²) in [5.74, 6) is -0.0816. The molecule has 0 aliphatic heterocycles. The summed E-state index contributed by atoms with van der Waals surface area (Å²) < 4.78 is 0. The zero-order valence-corrected chi connectivity index (χ0v) is 13.5. The van der Waals surface area contributed by atoms with Crippen molar-refractivity contribution >= 4 is 28.6 Å². The van der Waals surface area contributed by atoms with E-state index in [1.165, 1.54) is 11.3 Å². The highest BCUT2D eigenvalue weighted by Crippen LogP contribution is 2.37. The first-order valence-electron chi connectivity index (χ1n) is 7.04. The van der Waals surface area contributed by atoms with Crippen molar-refractivity contribution in [1.29, 1.82) is 0 Å². The van der Waals surface area contributed by atoms with Crippen molar-refractivity contribution in [1.82, 2.24) is 10.3 Å². The summed E-state index contributed by atoms with van der Waals surface area (Å²) in [5.41, 5.74) is -0.197. The second kappa shape index (κ2) is 5.87. The number of thiophene rings is 1. The van der Waals surface area contributed by atoms with Crippen molar-refractivity contribution in [3.63, 3.8) is 0 Å². The average Bonchev–Trinajstić information content (AvgIpc) is 3.19. The fraction of sp³-hybridized carbons (Fsp3) is 0.467. The highest BCUT2D eigenvalue weighted by molar-refractivity contribution is 7.21. The molecule has 112 valence electrons. The van der Waals surface area contributed by atoms with Gasteiger partial charge in [0.05, 0.1) is 17.7 Å². The lowest BCUT2D eigenvalue weighted by Crippen LogP contribution is -2.44. The van der Waals surface area contributed by atoms with Crippen LogP contribution in [0, 0.1) is 5.41 Å². The van der Waals surface area contributed by atoms with Gasteiger partial charge in [-0.2, -0.15) is 0 Å². The fourth-order valence-electron chi connectivity index (χ4n) is 2.79. The maximum Gasteiger partial charge on any atom is 0.263 e. The third-order valence-electron chi connectivity index (χ3n) is 4.21. The largest absolute Gasteiger partial charge is 0.396 e. The van der Waals surface area contributed by atoms with Gasteiger partial charge in [-0.1, -0.05) is 19.4 Å². The average molecular weight is 322 g/mol. The third kappa shape index (κ3) is 2.88. The Morgan fingerprint density at radius 2 is 2.48 bits per heavy atom. The van der Waals surface area contributed by atoms with Crippen molar-refractivity contribution in [3.8, 4) is 9.88 Å². The topological polar surface area (TPSA) is 62.2 Å². The molecule has 21 heavy (non-hydrogen) atoms. The molecule has 1 aliphatic rings. The Morgan fingerprint density at radius 3 is 3.19 bits per heavy atom. The molecule has 2 N–H and O–H groups in total. The number of nitrogens with zero attached hydrogens (tertiary/aromatic N) is 1. The summed E-state index contributed by atoms with van der Waals surface area (Å²) in [6.07, 6.45) is 4.57. The van der Waals surface area contributed by atoms with Gasteiger partial charge in [-0.3, -0.25) is 4.79 Å². The number of amides is 1. The molecule has 0 bridgehead atoms. The zero-order chi connectivity index (χ0) is 14.9. The molecular formula is C15H18N2O2S2. The SMILES string of the molecule is CC1(CO)CCCC1NC(=O)c1cnc(-c2cccs2)s1. The van der Waals surface area contributed by atoms with Crippen LogP contribution in [0.15, 0.2) is 23.7 Å². The van der Waals surface area contributed by atoms with Crippen LogP contribution < -0.4 is 5.32 Å². The van der Waals surface area contributed by atoms with E-state index in [1.807, 2.05) is 24.4 Å². The molecule has 1 saturated carbocycles. The second-order valence-corrected chi connectivity index (χ2v) is 7.72. The Balaban J connectivity index is 1.71. The summed E-state index contributed by atoms with van der Waals surface area (Å²) in [5, 5.41) is 15.5. The Hall–Kier alpha value is -1.24. The minimum atomic E-state index is -0.197. The minimum Gasteiger partial charge on any atom is -0.396 e. The Labute approximate surface area is 131 Å². The zero-order valence-electron chi connectivity index (χ0n) is 11.8. The van der Waals surface area contributed by atoms with Crippen LogP contribution in [-0.2, 0) is 0 Å². The lowest BCUT2D eigenvalue weighted by Gasteiger charge is -2.29. The number of nitrogens with one attached hydrogen (secondary N) is 1. The maximum atomic E-state index is 12.4. The Bertz CT molecular complexity index is 623. The van der Waals surface area contributed by atoms with Crippen LogP contribution >= 0.6 is 22.7 Å². The number of hydrogen-bond donors (Lipinski definition) is 2. The van der Waals surface area contributed by atoms with Gasteiger partial charge in [0.15, 0.2) is 0 Å². The van der Waals surface area contributed by atoms with Gasteiger partial charge in [-0.15, -0.1) is 22.7 Å². The molecule has 0 aromatic carbocycles. The first-order valence-corrected chi connectivity index (χ1v) is 8.73. The molecule has 2 atom stereocenters. The molecule has 1 fully saturated rings. The first kappa shape index (κ1) is 14.7. The van der Waals surface area contributed by atoms with Crippen LogP contribution in [0.2, 0.25) is 0 Å². The molecule has 1 aliphatic carbocycles. The van der Waals surface area contributed by atoms with Crippen LogP contribution in [0.4, 0.5) is 0 Å². The van der Waals surface area contributed by atoms with Gasteiger partial charge in [0, 0.05) is 11.5 Å². The minimum absolute atomic E-state index is 0.0438. The standard InChI is InChI=1S/C15H18N2O2S2/c1-15(9-18)6-2-5-12(15)17-13(19)11-8-16-14(21-11)10-4-3-7-20-10/h3-4,7-8,12,18H,2,5-6,9H2,1H3,(H,17,19). The number of hydrogen-bond acceptors (Lipinski definition) is 5. The van der Waals surface area contributed by atoms with Gasteiger partial charge in [0.2, 0.25) is 0 Å². The number of carbonyl (C=O) groups is 1. The third-order valence-corrected chi connectivity index (χ3v) is 6.25. The van der Waals surface area contributed by atoms with E-state index >= 15 is 0 Å². The van der Waals surface area contributed by atoms with E-state index in [4.69, 9.17) is 0 Å². The molecule has 2 unspecified atom stereocenters. The van der Waals surface area contributed by atoms with E-state index in [9.17, 15) is 9.90 Å².